The molecule has 1 aliphatic rings. The summed E-state index contributed by atoms with van der Waals surface area (Å²) < 4.78 is 10.9. The van der Waals surface area contributed by atoms with Gasteiger partial charge in [-0.2, -0.15) is 0 Å². The number of nitrogens with two attached hydrogens (primary N) is 1. The number of quaternary nitrogens is 1. The third kappa shape index (κ3) is 5.54. The van der Waals surface area contributed by atoms with E-state index in [1.54, 1.807) is 7.11 Å². The lowest BCUT2D eigenvalue weighted by atomic mass is 9.83. The van der Waals surface area contributed by atoms with Gasteiger partial charge in [0.05, 0.1) is 20.2 Å². The molecule has 0 aromatic heterocycles. The maximum Gasteiger partial charge on any atom is 0.306 e. The molecule has 1 heterocycles. The van der Waals surface area contributed by atoms with Crippen molar-refractivity contribution in [3.05, 3.63) is 29.8 Å². The average molecular weight is 320 g/mol. The summed E-state index contributed by atoms with van der Waals surface area (Å²) in [6, 6.07) is 8.01. The van der Waals surface area contributed by atoms with E-state index in [4.69, 9.17) is 9.47 Å². The van der Waals surface area contributed by atoms with Crippen molar-refractivity contribution in [3.63, 3.8) is 0 Å². The lowest BCUT2D eigenvalue weighted by Crippen LogP contribution is -2.86. The van der Waals surface area contributed by atoms with E-state index in [0.717, 1.165) is 44.5 Å². The Labute approximate surface area is 139 Å². The molecule has 128 valence electrons. The van der Waals surface area contributed by atoms with Gasteiger partial charge in [-0.3, -0.25) is 4.79 Å². The number of carbonyl (C=O) groups excluding carboxylic acids is 1. The first-order chi connectivity index (χ1) is 11.0. The molecular weight excluding hydrogens is 290 g/mol. The van der Waals surface area contributed by atoms with E-state index in [2.05, 4.69) is 19.2 Å². The van der Waals surface area contributed by atoms with Crippen LogP contribution < -0.4 is 10.1 Å². The lowest BCUT2D eigenvalue weighted by molar-refractivity contribution is -0.665. The first kappa shape index (κ1) is 17.8. The first-order valence-electron chi connectivity index (χ1n) is 8.67. The highest BCUT2D eigenvalue weighted by Gasteiger charge is 2.35. The minimum atomic E-state index is -0.342. The molecule has 2 N–H and O–H groups in total. The molecule has 1 aliphatic heterocycles. The van der Waals surface area contributed by atoms with Crippen molar-refractivity contribution in [1.29, 1.82) is 0 Å². The minimum absolute atomic E-state index is 0.0712. The quantitative estimate of drug-likeness (QED) is 0.785. The maximum atomic E-state index is 12.1. The smallest absolute Gasteiger partial charge is 0.306 e. The van der Waals surface area contributed by atoms with Gasteiger partial charge in [-0.15, -0.1) is 0 Å². The number of piperidine rings is 1. The Bertz CT molecular complexity index is 490. The molecule has 2 rings (SSSR count). The molecule has 1 fully saturated rings. The molecule has 0 spiro atoms. The molecule has 4 nitrogen and oxygen atoms in total. The average Bonchev–Trinajstić information content (AvgIpc) is 2.56. The van der Waals surface area contributed by atoms with Crippen molar-refractivity contribution < 1.29 is 19.6 Å². The molecular formula is C19H30NO3+. The van der Waals surface area contributed by atoms with E-state index in [-0.39, 0.29) is 11.6 Å². The van der Waals surface area contributed by atoms with E-state index < -0.39 is 0 Å². The molecule has 4 heteroatoms. The summed E-state index contributed by atoms with van der Waals surface area (Å²) in [5.74, 6) is 1.27. The van der Waals surface area contributed by atoms with Gasteiger partial charge in [0.15, 0.2) is 0 Å². The van der Waals surface area contributed by atoms with Gasteiger partial charge in [0, 0.05) is 25.2 Å². The van der Waals surface area contributed by atoms with E-state index in [9.17, 15) is 4.79 Å². The maximum absolute atomic E-state index is 12.1. The summed E-state index contributed by atoms with van der Waals surface area (Å²) in [5, 5.41) is 2.34. The third-order valence-electron chi connectivity index (χ3n) is 4.80. The fourth-order valence-corrected chi connectivity index (χ4v) is 3.28. The molecule has 1 aromatic carbocycles. The molecule has 0 amide bonds. The molecule has 1 aromatic rings. The number of esters is 1. The van der Waals surface area contributed by atoms with Gasteiger partial charge >= 0.3 is 5.97 Å². The van der Waals surface area contributed by atoms with Crippen LogP contribution in [0.4, 0.5) is 0 Å². The summed E-state index contributed by atoms with van der Waals surface area (Å²) >= 11 is 0. The van der Waals surface area contributed by atoms with Gasteiger partial charge in [0.25, 0.3) is 0 Å². The van der Waals surface area contributed by atoms with Crippen LogP contribution in [0.25, 0.3) is 0 Å². The highest BCUT2D eigenvalue weighted by Crippen LogP contribution is 2.28. The molecule has 0 aliphatic carbocycles. The van der Waals surface area contributed by atoms with Crippen molar-refractivity contribution in [2.45, 2.75) is 51.6 Å². The Balaban J connectivity index is 1.73. The van der Waals surface area contributed by atoms with Crippen LogP contribution in [-0.4, -0.2) is 31.8 Å². The van der Waals surface area contributed by atoms with Gasteiger partial charge in [0.2, 0.25) is 0 Å². The molecule has 0 radical (unpaired) electrons. The van der Waals surface area contributed by atoms with Crippen LogP contribution in [0.1, 0.15) is 45.1 Å². The van der Waals surface area contributed by atoms with Crippen molar-refractivity contribution in [2.24, 2.45) is 5.92 Å². The highest BCUT2D eigenvalue weighted by molar-refractivity contribution is 5.69. The van der Waals surface area contributed by atoms with Crippen LogP contribution in [0, 0.1) is 5.92 Å². The number of hydrogen-bond acceptors (Lipinski definition) is 3. The lowest BCUT2D eigenvalue weighted by Gasteiger charge is -2.35. The second-order valence-electron chi connectivity index (χ2n) is 6.92. The standard InChI is InChI=1S/C19H29NO3/c1-19(2,16-11-13-20-14-12-16)23-18(21)6-4-5-15-7-9-17(22-3)10-8-15/h7-10,16,20H,4-6,11-14H2,1-3H3/p+1. The van der Waals surface area contributed by atoms with Crippen LogP contribution in [0.15, 0.2) is 24.3 Å². The van der Waals surface area contributed by atoms with Crippen molar-refractivity contribution in [2.75, 3.05) is 20.2 Å². The molecule has 0 unspecified atom stereocenters. The molecule has 0 saturated carbocycles. The fraction of sp³-hybridized carbons (Fsp3) is 0.632. The Kier molecular flexibility index (Phi) is 6.46. The van der Waals surface area contributed by atoms with Gasteiger partial charge < -0.3 is 14.8 Å². The Morgan fingerprint density at radius 2 is 1.87 bits per heavy atom. The van der Waals surface area contributed by atoms with Gasteiger partial charge in [-0.1, -0.05) is 12.1 Å². The zero-order valence-corrected chi connectivity index (χ0v) is 14.6. The van der Waals surface area contributed by atoms with Crippen molar-refractivity contribution in [1.82, 2.24) is 0 Å². The molecule has 23 heavy (non-hydrogen) atoms. The zero-order chi connectivity index (χ0) is 16.7. The first-order valence-corrected chi connectivity index (χ1v) is 8.67. The van der Waals surface area contributed by atoms with Crippen LogP contribution >= 0.6 is 0 Å². The highest BCUT2D eigenvalue weighted by atomic mass is 16.6. The second-order valence-corrected chi connectivity index (χ2v) is 6.92. The SMILES string of the molecule is COc1ccc(CCCC(=O)OC(C)(C)C2CC[NH2+]CC2)cc1. The number of aryl methyl sites for hydroxylation is 1. The Morgan fingerprint density at radius 1 is 1.22 bits per heavy atom. The van der Waals surface area contributed by atoms with Crippen LogP contribution in [0.5, 0.6) is 5.75 Å². The van der Waals surface area contributed by atoms with Crippen LogP contribution in [0.2, 0.25) is 0 Å². The Hall–Kier alpha value is -1.55. The predicted molar refractivity (Wildman–Crippen MR) is 90.5 cm³/mol. The third-order valence-corrected chi connectivity index (χ3v) is 4.80. The van der Waals surface area contributed by atoms with Gasteiger partial charge in [-0.25, -0.2) is 0 Å². The van der Waals surface area contributed by atoms with Crippen LogP contribution in [0.3, 0.4) is 0 Å². The number of benzene rings is 1. The van der Waals surface area contributed by atoms with E-state index in [0.29, 0.717) is 12.3 Å². The predicted octanol–water partition coefficient (Wildman–Crippen LogP) is 2.31. The summed E-state index contributed by atoms with van der Waals surface area (Å²) in [7, 11) is 1.66. The van der Waals surface area contributed by atoms with Gasteiger partial charge in [-0.05, 0) is 44.4 Å². The molecule has 1 saturated heterocycles. The van der Waals surface area contributed by atoms with Crippen molar-refractivity contribution in [3.8, 4) is 5.75 Å². The second kappa shape index (κ2) is 8.34. The number of ether oxygens (including phenoxy) is 2. The minimum Gasteiger partial charge on any atom is -0.497 e. The largest absolute Gasteiger partial charge is 0.497 e. The number of carbonyl (C=O) groups is 1. The van der Waals surface area contributed by atoms with Crippen molar-refractivity contribution >= 4 is 5.97 Å². The summed E-state index contributed by atoms with van der Waals surface area (Å²) in [6.45, 7) is 6.40. The summed E-state index contributed by atoms with van der Waals surface area (Å²) in [4.78, 5) is 12.1. The number of methoxy groups -OCH3 is 1. The number of rotatable bonds is 7. The molecule has 0 atom stereocenters. The van der Waals surface area contributed by atoms with Gasteiger partial charge in [0.1, 0.15) is 11.4 Å². The van der Waals surface area contributed by atoms with E-state index in [1.165, 1.54) is 5.56 Å². The van der Waals surface area contributed by atoms with E-state index in [1.807, 2.05) is 24.3 Å². The van der Waals surface area contributed by atoms with Crippen LogP contribution in [-0.2, 0) is 16.0 Å². The Morgan fingerprint density at radius 3 is 2.48 bits per heavy atom. The summed E-state index contributed by atoms with van der Waals surface area (Å²) in [6.07, 6.45) is 4.45. The number of hydrogen-bond donors (Lipinski definition) is 1. The van der Waals surface area contributed by atoms with E-state index >= 15 is 0 Å². The topological polar surface area (TPSA) is 52.1 Å². The fourth-order valence-electron chi connectivity index (χ4n) is 3.28. The zero-order valence-electron chi connectivity index (χ0n) is 14.6. The summed E-state index contributed by atoms with van der Waals surface area (Å²) in [5.41, 5.74) is 0.881. The molecule has 0 bridgehead atoms. The monoisotopic (exact) mass is 320 g/mol. The normalized spacial score (nSPS) is 16.1.